The summed E-state index contributed by atoms with van der Waals surface area (Å²) < 4.78 is 24.9. The molecular weight excluding hydrogens is 274 g/mol. The van der Waals surface area contributed by atoms with Crippen LogP contribution in [0.15, 0.2) is 29.2 Å². The van der Waals surface area contributed by atoms with Crippen LogP contribution in [-0.2, 0) is 23.4 Å². The highest BCUT2D eigenvalue weighted by Crippen LogP contribution is 2.18. The van der Waals surface area contributed by atoms with Gasteiger partial charge in [-0.15, -0.1) is 0 Å². The third-order valence-electron chi connectivity index (χ3n) is 3.39. The van der Waals surface area contributed by atoms with E-state index in [2.05, 4.69) is 10.4 Å². The van der Waals surface area contributed by atoms with Gasteiger partial charge < -0.3 is 5.32 Å². The van der Waals surface area contributed by atoms with Crippen LogP contribution >= 0.6 is 0 Å². The second kappa shape index (κ2) is 5.28. The van der Waals surface area contributed by atoms with Gasteiger partial charge in [0, 0.05) is 36.8 Å². The first-order valence-corrected chi connectivity index (χ1v) is 8.21. The molecule has 6 heteroatoms. The highest BCUT2D eigenvalue weighted by Gasteiger charge is 2.10. The third kappa shape index (κ3) is 3.01. The molecule has 0 spiro atoms. The average molecular weight is 293 g/mol. The largest absolute Gasteiger partial charge is 0.381 e. The predicted octanol–water partition coefficient (Wildman–Crippen LogP) is 2.05. The summed E-state index contributed by atoms with van der Waals surface area (Å²) in [5.41, 5.74) is 4.01. The maximum atomic E-state index is 11.5. The average Bonchev–Trinajstić information content (AvgIpc) is 2.61. The molecule has 1 aromatic carbocycles. The Bertz CT molecular complexity index is 733. The van der Waals surface area contributed by atoms with Crippen LogP contribution < -0.4 is 5.32 Å². The third-order valence-corrected chi connectivity index (χ3v) is 4.50. The molecule has 0 amide bonds. The Morgan fingerprint density at radius 2 is 2.00 bits per heavy atom. The zero-order chi connectivity index (χ0) is 14.9. The molecule has 0 aliphatic carbocycles. The maximum Gasteiger partial charge on any atom is 0.175 e. The fraction of sp³-hybridized carbons (Fsp3) is 0.357. The van der Waals surface area contributed by atoms with Crippen molar-refractivity contribution in [3.05, 3.63) is 41.2 Å². The fourth-order valence-electron chi connectivity index (χ4n) is 2.10. The van der Waals surface area contributed by atoms with E-state index in [0.717, 1.165) is 22.6 Å². The summed E-state index contributed by atoms with van der Waals surface area (Å²) >= 11 is 0. The van der Waals surface area contributed by atoms with E-state index in [-0.39, 0.29) is 0 Å². The van der Waals surface area contributed by atoms with E-state index in [9.17, 15) is 8.42 Å². The van der Waals surface area contributed by atoms with Crippen LogP contribution in [-0.4, -0.2) is 24.5 Å². The summed E-state index contributed by atoms with van der Waals surface area (Å²) in [5.74, 6) is 0. The summed E-state index contributed by atoms with van der Waals surface area (Å²) in [7, 11) is -1.26. The molecule has 0 aliphatic rings. The SMILES string of the molecule is Cc1nn(C)c(C)c1CNc1cccc(S(C)(=O)=O)c1. The van der Waals surface area contributed by atoms with Crippen LogP contribution in [0.25, 0.3) is 0 Å². The van der Waals surface area contributed by atoms with Gasteiger partial charge in [-0.3, -0.25) is 4.68 Å². The molecule has 0 unspecified atom stereocenters. The molecular formula is C14H19N3O2S. The maximum absolute atomic E-state index is 11.5. The number of aromatic nitrogens is 2. The quantitative estimate of drug-likeness (QED) is 0.937. The van der Waals surface area contributed by atoms with Crippen molar-refractivity contribution < 1.29 is 8.42 Å². The topological polar surface area (TPSA) is 64.0 Å². The van der Waals surface area contributed by atoms with Gasteiger partial charge in [0.2, 0.25) is 0 Å². The number of benzene rings is 1. The van der Waals surface area contributed by atoms with Gasteiger partial charge in [-0.05, 0) is 32.0 Å². The molecule has 108 valence electrons. The van der Waals surface area contributed by atoms with Gasteiger partial charge in [-0.2, -0.15) is 5.10 Å². The first-order valence-electron chi connectivity index (χ1n) is 6.32. The van der Waals surface area contributed by atoms with Crippen LogP contribution in [0.1, 0.15) is 17.0 Å². The van der Waals surface area contributed by atoms with Gasteiger partial charge in [0.1, 0.15) is 0 Å². The molecule has 1 N–H and O–H groups in total. The molecule has 1 aromatic heterocycles. The van der Waals surface area contributed by atoms with Crippen LogP contribution in [0.4, 0.5) is 5.69 Å². The fourth-order valence-corrected chi connectivity index (χ4v) is 2.77. The van der Waals surface area contributed by atoms with Crippen molar-refractivity contribution in [2.24, 2.45) is 7.05 Å². The summed E-state index contributed by atoms with van der Waals surface area (Å²) in [6, 6.07) is 6.84. The standard InChI is InChI=1S/C14H19N3O2S/c1-10-14(11(2)17(3)16-10)9-15-12-6-5-7-13(8-12)20(4,18)19/h5-8,15H,9H2,1-4H3. The molecule has 0 atom stereocenters. The molecule has 0 saturated heterocycles. The van der Waals surface area contributed by atoms with Crippen molar-refractivity contribution in [1.82, 2.24) is 9.78 Å². The second-order valence-electron chi connectivity index (χ2n) is 4.93. The zero-order valence-corrected chi connectivity index (χ0v) is 13.0. The van der Waals surface area contributed by atoms with E-state index in [1.165, 1.54) is 6.26 Å². The van der Waals surface area contributed by atoms with Crippen molar-refractivity contribution >= 4 is 15.5 Å². The van der Waals surface area contributed by atoms with Gasteiger partial charge >= 0.3 is 0 Å². The van der Waals surface area contributed by atoms with Crippen molar-refractivity contribution in [2.75, 3.05) is 11.6 Å². The van der Waals surface area contributed by atoms with Gasteiger partial charge in [-0.25, -0.2) is 8.42 Å². The second-order valence-corrected chi connectivity index (χ2v) is 6.94. The first-order chi connectivity index (χ1) is 9.29. The Morgan fingerprint density at radius 3 is 2.55 bits per heavy atom. The number of aryl methyl sites for hydroxylation is 2. The molecule has 2 rings (SSSR count). The van der Waals surface area contributed by atoms with Gasteiger partial charge in [0.25, 0.3) is 0 Å². The van der Waals surface area contributed by atoms with Crippen LogP contribution in [0.3, 0.4) is 0 Å². The lowest BCUT2D eigenvalue weighted by Crippen LogP contribution is -2.04. The summed E-state index contributed by atoms with van der Waals surface area (Å²) in [4.78, 5) is 0.321. The Morgan fingerprint density at radius 1 is 1.30 bits per heavy atom. The van der Waals surface area contributed by atoms with Crippen LogP contribution in [0.5, 0.6) is 0 Å². The molecule has 1 heterocycles. The van der Waals surface area contributed by atoms with E-state index in [1.54, 1.807) is 18.2 Å². The number of hydrogen-bond acceptors (Lipinski definition) is 4. The zero-order valence-electron chi connectivity index (χ0n) is 12.1. The van der Waals surface area contributed by atoms with Gasteiger partial charge in [0.15, 0.2) is 9.84 Å². The highest BCUT2D eigenvalue weighted by atomic mass is 32.2. The molecule has 5 nitrogen and oxygen atoms in total. The monoisotopic (exact) mass is 293 g/mol. The first kappa shape index (κ1) is 14.6. The minimum Gasteiger partial charge on any atom is -0.381 e. The van der Waals surface area contributed by atoms with Gasteiger partial charge in [-0.1, -0.05) is 6.07 Å². The van der Waals surface area contributed by atoms with Crippen LogP contribution in [0, 0.1) is 13.8 Å². The van der Waals surface area contributed by atoms with Crippen molar-refractivity contribution in [1.29, 1.82) is 0 Å². The molecule has 0 bridgehead atoms. The molecule has 0 radical (unpaired) electrons. The summed E-state index contributed by atoms with van der Waals surface area (Å²) in [6.45, 7) is 4.61. The Kier molecular flexibility index (Phi) is 3.85. The predicted molar refractivity (Wildman–Crippen MR) is 79.6 cm³/mol. The minimum absolute atomic E-state index is 0.321. The Labute approximate surface area is 119 Å². The molecule has 2 aromatic rings. The molecule has 0 aliphatic heterocycles. The lowest BCUT2D eigenvalue weighted by atomic mass is 10.2. The Hall–Kier alpha value is -1.82. The van der Waals surface area contributed by atoms with E-state index in [1.807, 2.05) is 31.6 Å². The van der Waals surface area contributed by atoms with E-state index < -0.39 is 9.84 Å². The number of sulfone groups is 1. The summed E-state index contributed by atoms with van der Waals surface area (Å²) in [5, 5.41) is 7.61. The normalized spacial score (nSPS) is 11.6. The van der Waals surface area contributed by atoms with Crippen molar-refractivity contribution in [3.63, 3.8) is 0 Å². The van der Waals surface area contributed by atoms with E-state index in [4.69, 9.17) is 0 Å². The number of nitrogens with zero attached hydrogens (tertiary/aromatic N) is 2. The van der Waals surface area contributed by atoms with Crippen LogP contribution in [0.2, 0.25) is 0 Å². The minimum atomic E-state index is -3.18. The molecule has 0 saturated carbocycles. The number of hydrogen-bond donors (Lipinski definition) is 1. The van der Waals surface area contributed by atoms with Crippen molar-refractivity contribution in [2.45, 2.75) is 25.3 Å². The van der Waals surface area contributed by atoms with Crippen molar-refractivity contribution in [3.8, 4) is 0 Å². The van der Waals surface area contributed by atoms with E-state index >= 15 is 0 Å². The number of nitrogens with one attached hydrogen (secondary N) is 1. The summed E-state index contributed by atoms with van der Waals surface area (Å²) in [6.07, 6.45) is 1.21. The lowest BCUT2D eigenvalue weighted by Gasteiger charge is -2.08. The van der Waals surface area contributed by atoms with Gasteiger partial charge in [0.05, 0.1) is 10.6 Å². The molecule has 0 fully saturated rings. The van der Waals surface area contributed by atoms with E-state index in [0.29, 0.717) is 11.4 Å². The number of rotatable bonds is 4. The Balaban J connectivity index is 2.19. The lowest BCUT2D eigenvalue weighted by molar-refractivity contribution is 0.602. The number of anilines is 1. The smallest absolute Gasteiger partial charge is 0.175 e. The molecule has 20 heavy (non-hydrogen) atoms. The highest BCUT2D eigenvalue weighted by molar-refractivity contribution is 7.90.